The number of hydrogen-bond donors (Lipinski definition) is 1. The smallest absolute Gasteiger partial charge is 0.367 e. The Kier molecular flexibility index (Phi) is 9.92. The average Bonchev–Trinajstić information content (AvgIpc) is 3.59. The molecule has 6 rings (SSSR count). The molecule has 0 amide bonds. The molecule has 0 spiro atoms. The fraction of sp³-hybridized carbons (Fsp3) is 0.545. The highest BCUT2D eigenvalue weighted by Crippen LogP contribution is 2.33. The first kappa shape index (κ1) is 33.8. The summed E-state index contributed by atoms with van der Waals surface area (Å²) in [5.41, 5.74) is 4.16. The quantitative estimate of drug-likeness (QED) is 0.242. The van der Waals surface area contributed by atoms with Crippen LogP contribution in [0.5, 0.6) is 0 Å². The second kappa shape index (κ2) is 13.8. The van der Waals surface area contributed by atoms with E-state index in [9.17, 15) is 22.6 Å². The van der Waals surface area contributed by atoms with Crippen molar-refractivity contribution in [1.29, 1.82) is 5.26 Å². The number of fused-ring (bicyclic) bond motifs is 2. The number of thiophene rings is 1. The van der Waals surface area contributed by atoms with Crippen molar-refractivity contribution in [3.05, 3.63) is 52.3 Å². The number of aromatic nitrogens is 3. The van der Waals surface area contributed by atoms with Gasteiger partial charge < -0.3 is 9.88 Å². The summed E-state index contributed by atoms with van der Waals surface area (Å²) in [4.78, 5) is 14.2. The number of rotatable bonds is 9. The lowest BCUT2D eigenvalue weighted by Crippen LogP contribution is -2.57. The molecule has 0 aliphatic carbocycles. The molecule has 9 nitrogen and oxygen atoms in total. The molecule has 2 aliphatic heterocycles. The maximum Gasteiger partial charge on any atom is 0.393 e. The van der Waals surface area contributed by atoms with Crippen LogP contribution in [0.3, 0.4) is 0 Å². The van der Waals surface area contributed by atoms with Gasteiger partial charge in [-0.05, 0) is 62.9 Å². The van der Waals surface area contributed by atoms with Crippen LogP contribution in [0.15, 0.2) is 30.6 Å². The molecule has 252 valence electrons. The Labute approximate surface area is 280 Å². The summed E-state index contributed by atoms with van der Waals surface area (Å²) in [6, 6.07) is 11.0. The first-order valence-corrected chi connectivity index (χ1v) is 18.4. The monoisotopic (exact) mass is 686 g/mol. The normalized spacial score (nSPS) is 21.4. The largest absolute Gasteiger partial charge is 0.393 e. The summed E-state index contributed by atoms with van der Waals surface area (Å²) in [6.45, 7) is 12.1. The number of anilines is 1. The van der Waals surface area contributed by atoms with Crippen molar-refractivity contribution in [1.82, 2.24) is 28.6 Å². The van der Waals surface area contributed by atoms with E-state index in [1.807, 2.05) is 10.4 Å². The maximum atomic E-state index is 12.9. The lowest BCUT2D eigenvalue weighted by molar-refractivity contribution is -0.126. The first-order valence-electron chi connectivity index (χ1n) is 16.0. The standard InChI is InChI=1S/C33H41F3N8OS2/c1-21-17-42(47(4)45)18-22(2)43(21)11-12-44-26(16-37)13-28-23(3)24(5-6-30(28)44)19-41-9-7-25(8-10-41)40-31-29-14-27(15-33(34,35)36)46-32(29)39-20-38-31/h5-6,13-14,20-22,25H,7-12,15,17-19H2,1-4H3,(H,38,39,40). The number of nitrogens with one attached hydrogen (secondary N) is 1. The summed E-state index contributed by atoms with van der Waals surface area (Å²) in [7, 11) is -0.972. The molecule has 14 heteroatoms. The summed E-state index contributed by atoms with van der Waals surface area (Å²) < 4.78 is 55.1. The van der Waals surface area contributed by atoms with Gasteiger partial charge in [0.2, 0.25) is 0 Å². The number of likely N-dealkylation sites (tertiary alicyclic amines) is 1. The molecule has 3 aromatic heterocycles. The van der Waals surface area contributed by atoms with Crippen LogP contribution in [0.2, 0.25) is 0 Å². The Morgan fingerprint density at radius 3 is 2.47 bits per heavy atom. The highest BCUT2D eigenvalue weighted by atomic mass is 32.2. The zero-order valence-electron chi connectivity index (χ0n) is 27.2. The molecular formula is C33H41F3N8OS2. The number of piperidine rings is 1. The zero-order valence-corrected chi connectivity index (χ0v) is 28.8. The highest BCUT2D eigenvalue weighted by Gasteiger charge is 2.31. The van der Waals surface area contributed by atoms with E-state index in [4.69, 9.17) is 0 Å². The number of aryl methyl sites for hydroxylation is 1. The van der Waals surface area contributed by atoms with Crippen LogP contribution < -0.4 is 5.32 Å². The second-order valence-electron chi connectivity index (χ2n) is 12.9. The lowest BCUT2D eigenvalue weighted by Gasteiger charge is -2.43. The van der Waals surface area contributed by atoms with E-state index >= 15 is 0 Å². The minimum atomic E-state index is -4.26. The molecule has 2 aliphatic rings. The fourth-order valence-electron chi connectivity index (χ4n) is 7.18. The van der Waals surface area contributed by atoms with Crippen LogP contribution in [0.1, 0.15) is 48.4 Å². The molecule has 47 heavy (non-hydrogen) atoms. The minimum absolute atomic E-state index is 0.170. The topological polar surface area (TPSA) is 93.3 Å². The number of hydrogen-bond acceptors (Lipinski definition) is 8. The third kappa shape index (κ3) is 7.49. The van der Waals surface area contributed by atoms with E-state index in [0.29, 0.717) is 28.3 Å². The van der Waals surface area contributed by atoms with E-state index in [1.165, 1.54) is 17.5 Å². The van der Waals surface area contributed by atoms with E-state index in [-0.39, 0.29) is 23.0 Å². The van der Waals surface area contributed by atoms with Gasteiger partial charge in [-0.2, -0.15) is 18.4 Å². The van der Waals surface area contributed by atoms with Gasteiger partial charge in [-0.3, -0.25) is 9.80 Å². The maximum absolute atomic E-state index is 12.9. The minimum Gasteiger partial charge on any atom is -0.367 e. The van der Waals surface area contributed by atoms with Gasteiger partial charge in [0.1, 0.15) is 28.7 Å². The Morgan fingerprint density at radius 1 is 1.09 bits per heavy atom. The molecule has 0 bridgehead atoms. The van der Waals surface area contributed by atoms with Gasteiger partial charge in [-0.25, -0.2) is 18.5 Å². The van der Waals surface area contributed by atoms with Crippen molar-refractivity contribution >= 4 is 49.3 Å². The first-order chi connectivity index (χ1) is 22.4. The number of piperazine rings is 1. The molecule has 1 aromatic carbocycles. The van der Waals surface area contributed by atoms with Crippen LogP contribution in [0.4, 0.5) is 19.0 Å². The van der Waals surface area contributed by atoms with Gasteiger partial charge in [-0.1, -0.05) is 6.07 Å². The van der Waals surface area contributed by atoms with Crippen molar-refractivity contribution in [2.75, 3.05) is 44.3 Å². The summed E-state index contributed by atoms with van der Waals surface area (Å²) >= 11 is 1.07. The molecule has 4 aromatic rings. The van der Waals surface area contributed by atoms with Crippen molar-refractivity contribution in [2.24, 2.45) is 0 Å². The Balaban J connectivity index is 1.09. The van der Waals surface area contributed by atoms with Gasteiger partial charge in [0, 0.05) is 86.0 Å². The number of nitrogens with zero attached hydrogens (tertiary/aromatic N) is 7. The van der Waals surface area contributed by atoms with E-state index in [1.54, 1.807) is 12.3 Å². The number of benzene rings is 1. The number of nitriles is 1. The molecule has 2 saturated heterocycles. The second-order valence-corrected chi connectivity index (χ2v) is 15.4. The molecular weight excluding hydrogens is 646 g/mol. The van der Waals surface area contributed by atoms with Crippen molar-refractivity contribution < 1.29 is 17.4 Å². The van der Waals surface area contributed by atoms with Crippen LogP contribution in [-0.2, 0) is 30.5 Å². The van der Waals surface area contributed by atoms with Crippen LogP contribution in [0, 0.1) is 18.3 Å². The molecule has 1 N–H and O–H groups in total. The van der Waals surface area contributed by atoms with Crippen molar-refractivity contribution in [3.8, 4) is 6.07 Å². The van der Waals surface area contributed by atoms with E-state index < -0.39 is 23.6 Å². The predicted octanol–water partition coefficient (Wildman–Crippen LogP) is 5.70. The molecule has 5 heterocycles. The summed E-state index contributed by atoms with van der Waals surface area (Å²) in [6.07, 6.45) is -0.284. The third-order valence-corrected chi connectivity index (χ3v) is 11.7. The fourth-order valence-corrected chi connectivity index (χ4v) is 9.05. The molecule has 3 atom stereocenters. The molecule has 0 radical (unpaired) electrons. The van der Waals surface area contributed by atoms with Gasteiger partial charge >= 0.3 is 6.18 Å². The number of alkyl halides is 3. The van der Waals surface area contributed by atoms with E-state index in [0.717, 1.165) is 74.3 Å². The zero-order chi connectivity index (χ0) is 33.5. The molecule has 2 fully saturated rings. The Hall–Kier alpha value is -3.09. The van der Waals surface area contributed by atoms with Crippen LogP contribution in [0.25, 0.3) is 21.1 Å². The molecule has 3 unspecified atom stereocenters. The van der Waals surface area contributed by atoms with Crippen LogP contribution in [-0.4, -0.2) is 96.1 Å². The average molecular weight is 687 g/mol. The van der Waals surface area contributed by atoms with Gasteiger partial charge in [0.25, 0.3) is 0 Å². The van der Waals surface area contributed by atoms with Crippen molar-refractivity contribution in [2.45, 2.75) is 77.4 Å². The molecule has 0 saturated carbocycles. The van der Waals surface area contributed by atoms with Crippen molar-refractivity contribution in [3.63, 3.8) is 0 Å². The third-order valence-electron chi connectivity index (χ3n) is 9.67. The lowest BCUT2D eigenvalue weighted by atomic mass is 10.0. The van der Waals surface area contributed by atoms with Gasteiger partial charge in [-0.15, -0.1) is 11.3 Å². The van der Waals surface area contributed by atoms with Crippen LogP contribution >= 0.6 is 11.3 Å². The highest BCUT2D eigenvalue weighted by molar-refractivity contribution is 7.81. The Morgan fingerprint density at radius 2 is 1.81 bits per heavy atom. The SMILES string of the molecule is Cc1c(CN2CCC(Nc3ncnc4sc(CC(F)(F)F)cc34)CC2)ccc2c1cc(C#N)n2CCN1C(C)CN(S(C)=O)CC1C. The number of halogens is 3. The summed E-state index contributed by atoms with van der Waals surface area (Å²) in [5, 5.41) is 15.3. The van der Waals surface area contributed by atoms with E-state index in [2.05, 4.69) is 68.6 Å². The summed E-state index contributed by atoms with van der Waals surface area (Å²) in [5.74, 6) is 0.598. The van der Waals surface area contributed by atoms with Gasteiger partial charge in [0.05, 0.1) is 22.8 Å². The van der Waals surface area contributed by atoms with Gasteiger partial charge in [0.15, 0.2) is 0 Å². The Bertz CT molecular complexity index is 1800. The predicted molar refractivity (Wildman–Crippen MR) is 182 cm³/mol.